The Morgan fingerprint density at radius 3 is 2.83 bits per heavy atom. The molecule has 1 aliphatic rings. The van der Waals surface area contributed by atoms with Crippen LogP contribution in [0.2, 0.25) is 0 Å². The highest BCUT2D eigenvalue weighted by Crippen LogP contribution is 2.26. The van der Waals surface area contributed by atoms with Gasteiger partial charge in [-0.05, 0) is 42.7 Å². The van der Waals surface area contributed by atoms with Gasteiger partial charge in [0.2, 0.25) is 17.6 Å². The van der Waals surface area contributed by atoms with Gasteiger partial charge >= 0.3 is 0 Å². The zero-order valence-corrected chi connectivity index (χ0v) is 17.4. The summed E-state index contributed by atoms with van der Waals surface area (Å²) in [5.74, 6) is 1.81. The maximum absolute atomic E-state index is 12.4. The lowest BCUT2D eigenvalue weighted by Gasteiger charge is -2.21. The van der Waals surface area contributed by atoms with Crippen LogP contribution >= 0.6 is 11.8 Å². The lowest BCUT2D eigenvalue weighted by molar-refractivity contribution is -0.116. The highest BCUT2D eigenvalue weighted by Gasteiger charge is 2.14. The quantitative estimate of drug-likeness (QED) is 0.582. The molecule has 0 unspecified atom stereocenters. The summed E-state index contributed by atoms with van der Waals surface area (Å²) >= 11 is 1.96. The topological polar surface area (TPSA) is 90.1 Å². The predicted molar refractivity (Wildman–Crippen MR) is 116 cm³/mol. The number of pyridine rings is 1. The fraction of sp³-hybridized carbons (Fsp3) is 0.364. The lowest BCUT2D eigenvalue weighted by Crippen LogP contribution is -2.17. The Morgan fingerprint density at radius 2 is 2.00 bits per heavy atom. The minimum Gasteiger partial charge on any atom is -0.381 e. The molecule has 0 radical (unpaired) electrons. The number of thioether (sulfide) groups is 1. The second-order valence-corrected chi connectivity index (χ2v) is 8.41. The summed E-state index contributed by atoms with van der Waals surface area (Å²) in [7, 11) is 0. The molecule has 0 aliphatic carbocycles. The molecule has 1 aromatic carbocycles. The van der Waals surface area contributed by atoms with Crippen LogP contribution in [0.1, 0.15) is 30.7 Å². The van der Waals surface area contributed by atoms with E-state index in [-0.39, 0.29) is 12.3 Å². The van der Waals surface area contributed by atoms with Crippen molar-refractivity contribution >= 4 is 23.4 Å². The first-order valence-corrected chi connectivity index (χ1v) is 11.1. The maximum atomic E-state index is 12.4. The highest BCUT2D eigenvalue weighted by molar-refractivity contribution is 7.99. The number of rotatable bonds is 8. The molecule has 0 atom stereocenters. The molecule has 3 heterocycles. The maximum Gasteiger partial charge on any atom is 0.227 e. The molecule has 4 rings (SSSR count). The van der Waals surface area contributed by atoms with Crippen LogP contribution in [0.15, 0.2) is 53.3 Å². The van der Waals surface area contributed by atoms with Crippen LogP contribution in [0.25, 0.3) is 11.4 Å². The number of ether oxygens (including phenoxy) is 1. The van der Waals surface area contributed by atoms with Crippen LogP contribution in [-0.4, -0.2) is 39.5 Å². The number of amides is 1. The monoisotopic (exact) mass is 424 g/mol. The Balaban J connectivity index is 1.25. The van der Waals surface area contributed by atoms with Crippen molar-refractivity contribution in [1.29, 1.82) is 0 Å². The third kappa shape index (κ3) is 5.90. The molecule has 0 spiro atoms. The van der Waals surface area contributed by atoms with Crippen molar-refractivity contribution < 1.29 is 14.1 Å². The molecular weight excluding hydrogens is 400 g/mol. The number of nitrogens with zero attached hydrogens (tertiary/aromatic N) is 3. The minimum absolute atomic E-state index is 0.0760. The van der Waals surface area contributed by atoms with Gasteiger partial charge in [-0.25, -0.2) is 0 Å². The lowest BCUT2D eigenvalue weighted by atomic mass is 10.2. The first-order valence-electron chi connectivity index (χ1n) is 10.1. The molecule has 1 N–H and O–H groups in total. The number of nitrogens with one attached hydrogen (secondary N) is 1. The number of carbonyl (C=O) groups excluding carboxylic acids is 1. The van der Waals surface area contributed by atoms with E-state index in [4.69, 9.17) is 9.26 Å². The van der Waals surface area contributed by atoms with Gasteiger partial charge in [-0.3, -0.25) is 9.78 Å². The van der Waals surface area contributed by atoms with Crippen molar-refractivity contribution in [2.75, 3.05) is 18.5 Å². The molecule has 7 nitrogen and oxygen atoms in total. The van der Waals surface area contributed by atoms with E-state index in [1.165, 1.54) is 5.56 Å². The zero-order valence-electron chi connectivity index (χ0n) is 16.6. The standard InChI is InChI=1S/C22H24N4O3S/c27-20(4-5-21-25-22(26-29-21)17-6-10-23-11-7-17)24-18-3-1-2-16(14-18)15-30-19-8-12-28-13-9-19/h1-3,6-7,10-11,14,19H,4-5,8-9,12-13,15H2,(H,24,27). The van der Waals surface area contributed by atoms with Crippen LogP contribution in [0.4, 0.5) is 5.69 Å². The SMILES string of the molecule is O=C(CCc1nc(-c2ccncc2)no1)Nc1cccc(CSC2CCOCC2)c1. The summed E-state index contributed by atoms with van der Waals surface area (Å²) in [5.41, 5.74) is 2.86. The smallest absolute Gasteiger partial charge is 0.227 e. The fourth-order valence-electron chi connectivity index (χ4n) is 3.21. The molecule has 156 valence electrons. The molecule has 30 heavy (non-hydrogen) atoms. The largest absolute Gasteiger partial charge is 0.381 e. The van der Waals surface area contributed by atoms with Crippen molar-refractivity contribution in [3.05, 3.63) is 60.2 Å². The first-order chi connectivity index (χ1) is 14.8. The first kappa shape index (κ1) is 20.6. The second-order valence-electron chi connectivity index (χ2n) is 7.12. The second kappa shape index (κ2) is 10.4. The van der Waals surface area contributed by atoms with E-state index in [1.807, 2.05) is 42.1 Å². The average molecular weight is 425 g/mol. The number of hydrogen-bond donors (Lipinski definition) is 1. The van der Waals surface area contributed by atoms with Gasteiger partial charge in [0.1, 0.15) is 0 Å². The summed E-state index contributed by atoms with van der Waals surface area (Å²) in [6.45, 7) is 1.72. The average Bonchev–Trinajstić information content (AvgIpc) is 3.27. The Kier molecular flexibility index (Phi) is 7.10. The van der Waals surface area contributed by atoms with Crippen LogP contribution in [0.3, 0.4) is 0 Å². The predicted octanol–water partition coefficient (Wildman–Crippen LogP) is 4.12. The van der Waals surface area contributed by atoms with Gasteiger partial charge in [-0.1, -0.05) is 17.3 Å². The highest BCUT2D eigenvalue weighted by atomic mass is 32.2. The van der Waals surface area contributed by atoms with E-state index >= 15 is 0 Å². The normalized spacial score (nSPS) is 14.5. The van der Waals surface area contributed by atoms with Crippen LogP contribution in [-0.2, 0) is 21.7 Å². The van der Waals surface area contributed by atoms with E-state index in [2.05, 4.69) is 26.5 Å². The molecule has 2 aromatic heterocycles. The fourth-order valence-corrected chi connectivity index (χ4v) is 4.35. The molecule has 1 saturated heterocycles. The number of hydrogen-bond acceptors (Lipinski definition) is 7. The summed E-state index contributed by atoms with van der Waals surface area (Å²) in [4.78, 5) is 20.7. The van der Waals surface area contributed by atoms with Crippen molar-refractivity contribution in [2.24, 2.45) is 0 Å². The van der Waals surface area contributed by atoms with E-state index < -0.39 is 0 Å². The molecule has 8 heteroatoms. The van der Waals surface area contributed by atoms with Gasteiger partial charge in [-0.15, -0.1) is 0 Å². The number of carbonyl (C=O) groups is 1. The number of benzene rings is 1. The summed E-state index contributed by atoms with van der Waals surface area (Å²) < 4.78 is 10.7. The van der Waals surface area contributed by atoms with Gasteiger partial charge in [0, 0.05) is 60.7 Å². The molecule has 3 aromatic rings. The van der Waals surface area contributed by atoms with Gasteiger partial charge in [0.25, 0.3) is 0 Å². The third-order valence-electron chi connectivity index (χ3n) is 4.84. The van der Waals surface area contributed by atoms with Gasteiger partial charge in [0.05, 0.1) is 0 Å². The van der Waals surface area contributed by atoms with Crippen LogP contribution in [0.5, 0.6) is 0 Å². The van der Waals surface area contributed by atoms with Gasteiger partial charge in [0.15, 0.2) is 0 Å². The summed E-state index contributed by atoms with van der Waals surface area (Å²) in [5, 5.41) is 7.58. The summed E-state index contributed by atoms with van der Waals surface area (Å²) in [6, 6.07) is 11.7. The Morgan fingerprint density at radius 1 is 1.17 bits per heavy atom. The number of aryl methyl sites for hydroxylation is 1. The third-order valence-corrected chi connectivity index (χ3v) is 6.28. The van der Waals surface area contributed by atoms with Crippen molar-refractivity contribution in [1.82, 2.24) is 15.1 Å². The van der Waals surface area contributed by atoms with Crippen molar-refractivity contribution in [3.8, 4) is 11.4 Å². The van der Waals surface area contributed by atoms with Crippen molar-refractivity contribution in [3.63, 3.8) is 0 Å². The number of anilines is 1. The van der Waals surface area contributed by atoms with Crippen LogP contribution in [0, 0.1) is 0 Å². The minimum atomic E-state index is -0.0760. The molecular formula is C22H24N4O3S. The molecule has 0 bridgehead atoms. The van der Waals surface area contributed by atoms with E-state index in [9.17, 15) is 4.79 Å². The van der Waals surface area contributed by atoms with Crippen LogP contribution < -0.4 is 5.32 Å². The van der Waals surface area contributed by atoms with E-state index in [0.717, 1.165) is 43.1 Å². The molecule has 1 fully saturated rings. The molecule has 0 saturated carbocycles. The molecule has 1 aliphatic heterocycles. The van der Waals surface area contributed by atoms with E-state index in [0.29, 0.717) is 23.4 Å². The van der Waals surface area contributed by atoms with Crippen molar-refractivity contribution in [2.45, 2.75) is 36.7 Å². The Hall–Kier alpha value is -2.71. The van der Waals surface area contributed by atoms with Gasteiger partial charge in [-0.2, -0.15) is 16.7 Å². The Bertz CT molecular complexity index is 958. The van der Waals surface area contributed by atoms with Gasteiger partial charge < -0.3 is 14.6 Å². The summed E-state index contributed by atoms with van der Waals surface area (Å²) in [6.07, 6.45) is 6.24. The number of aromatic nitrogens is 3. The Labute approximate surface area is 179 Å². The molecule has 1 amide bonds. The van der Waals surface area contributed by atoms with E-state index in [1.54, 1.807) is 12.4 Å². The zero-order chi connectivity index (χ0) is 20.6.